The minimum absolute atomic E-state index is 0.0799. The Morgan fingerprint density at radius 3 is 2.59 bits per heavy atom. The van der Waals surface area contributed by atoms with E-state index in [0.717, 1.165) is 31.5 Å². The Balaban J connectivity index is 1.18. The number of carbonyl (C=O) groups excluding carboxylic acids is 1. The van der Waals surface area contributed by atoms with Gasteiger partial charge < -0.3 is 20.1 Å². The fraction of sp³-hybridized carbons (Fsp3) is 0.714. The van der Waals surface area contributed by atoms with Gasteiger partial charge in [-0.25, -0.2) is 14.8 Å². The zero-order valence-electron chi connectivity index (χ0n) is 17.3. The zero-order chi connectivity index (χ0) is 22.7. The molecular weight excluding hydrogens is 429 g/mol. The van der Waals surface area contributed by atoms with E-state index in [1.807, 2.05) is 0 Å². The van der Waals surface area contributed by atoms with Crippen molar-refractivity contribution in [3.05, 3.63) is 18.0 Å². The van der Waals surface area contributed by atoms with E-state index in [2.05, 4.69) is 15.3 Å². The monoisotopic (exact) mass is 454 g/mol. The molecule has 4 bridgehead atoms. The molecule has 32 heavy (non-hydrogen) atoms. The first-order valence-corrected chi connectivity index (χ1v) is 11.0. The average molecular weight is 454 g/mol. The number of ether oxygens (including phenoxy) is 1. The predicted molar refractivity (Wildman–Crippen MR) is 105 cm³/mol. The first-order chi connectivity index (χ1) is 15.1. The molecule has 2 heterocycles. The first-order valence-electron chi connectivity index (χ1n) is 11.0. The maximum atomic E-state index is 12.8. The van der Waals surface area contributed by atoms with Crippen LogP contribution in [0.4, 0.5) is 23.9 Å². The van der Waals surface area contributed by atoms with Crippen molar-refractivity contribution in [1.29, 1.82) is 0 Å². The molecule has 4 aliphatic carbocycles. The lowest BCUT2D eigenvalue weighted by Gasteiger charge is -2.57. The summed E-state index contributed by atoms with van der Waals surface area (Å²) < 4.78 is 44.4. The number of nitrogens with one attached hydrogen (secondary N) is 1. The smallest absolute Gasteiger partial charge is 0.433 e. The molecule has 2 N–H and O–H groups in total. The summed E-state index contributed by atoms with van der Waals surface area (Å²) in [4.78, 5) is 33.6. The number of hydrogen-bond donors (Lipinski definition) is 2. The predicted octanol–water partition coefficient (Wildman–Crippen LogP) is 3.40. The highest BCUT2D eigenvalue weighted by Crippen LogP contribution is 2.60. The fourth-order valence-corrected chi connectivity index (χ4v) is 6.44. The molecule has 6 rings (SSSR count). The van der Waals surface area contributed by atoms with Crippen LogP contribution < -0.4 is 5.32 Å². The van der Waals surface area contributed by atoms with E-state index in [0.29, 0.717) is 31.7 Å². The number of amides is 1. The van der Waals surface area contributed by atoms with Crippen molar-refractivity contribution in [1.82, 2.24) is 14.9 Å². The highest BCUT2D eigenvalue weighted by molar-refractivity contribution is 5.75. The van der Waals surface area contributed by atoms with Gasteiger partial charge in [0.05, 0.1) is 5.41 Å². The van der Waals surface area contributed by atoms with E-state index in [4.69, 9.17) is 4.74 Å². The van der Waals surface area contributed by atoms with Crippen LogP contribution in [0.1, 0.15) is 44.2 Å². The molecule has 11 heteroatoms. The van der Waals surface area contributed by atoms with Gasteiger partial charge in [0.2, 0.25) is 5.95 Å². The Bertz CT molecular complexity index is 911. The quantitative estimate of drug-likeness (QED) is 0.719. The number of halogens is 3. The first kappa shape index (κ1) is 21.3. The van der Waals surface area contributed by atoms with Crippen molar-refractivity contribution < 1.29 is 32.6 Å². The van der Waals surface area contributed by atoms with Gasteiger partial charge in [0.1, 0.15) is 11.8 Å². The number of likely N-dealkylation sites (tertiary alicyclic amines) is 1. The molecule has 4 saturated carbocycles. The van der Waals surface area contributed by atoms with E-state index in [1.54, 1.807) is 4.90 Å². The summed E-state index contributed by atoms with van der Waals surface area (Å²) in [6.45, 7) is 0.696. The number of aromatic nitrogens is 2. The summed E-state index contributed by atoms with van der Waals surface area (Å²) in [6, 6.07) is 0.531. The Morgan fingerprint density at radius 1 is 1.22 bits per heavy atom. The van der Waals surface area contributed by atoms with Gasteiger partial charge in [0.15, 0.2) is 0 Å². The zero-order valence-corrected chi connectivity index (χ0v) is 17.3. The molecule has 1 aromatic heterocycles. The van der Waals surface area contributed by atoms with Crippen molar-refractivity contribution in [3.63, 3.8) is 0 Å². The molecule has 174 valence electrons. The summed E-state index contributed by atoms with van der Waals surface area (Å²) in [5.74, 6) is -0.300. The van der Waals surface area contributed by atoms with Crippen LogP contribution in [0.2, 0.25) is 0 Å². The Kier molecular flexibility index (Phi) is 4.97. The number of carboxylic acids is 1. The molecule has 5 aliphatic rings. The van der Waals surface area contributed by atoms with Crippen LogP contribution in [-0.4, -0.2) is 57.3 Å². The van der Waals surface area contributed by atoms with Crippen molar-refractivity contribution in [2.75, 3.05) is 18.4 Å². The molecule has 0 aromatic carbocycles. The lowest BCUT2D eigenvalue weighted by atomic mass is 9.48. The van der Waals surface area contributed by atoms with E-state index < -0.39 is 29.3 Å². The summed E-state index contributed by atoms with van der Waals surface area (Å²) in [5, 5.41) is 12.6. The van der Waals surface area contributed by atoms with Crippen LogP contribution in [0.15, 0.2) is 12.3 Å². The molecule has 1 aliphatic heterocycles. The van der Waals surface area contributed by atoms with Gasteiger partial charge in [-0.3, -0.25) is 4.79 Å². The second-order valence-corrected chi connectivity index (χ2v) is 9.74. The fourth-order valence-electron chi connectivity index (χ4n) is 6.44. The van der Waals surface area contributed by atoms with Crippen LogP contribution in [-0.2, 0) is 15.7 Å². The number of nitrogens with zero attached hydrogens (tertiary/aromatic N) is 3. The number of rotatable bonds is 4. The van der Waals surface area contributed by atoms with Crippen LogP contribution in [0.25, 0.3) is 0 Å². The number of anilines is 1. The third-order valence-electron chi connectivity index (χ3n) is 7.60. The van der Waals surface area contributed by atoms with Crippen LogP contribution >= 0.6 is 0 Å². The number of carboxylic acid groups (broad SMARTS) is 1. The third-order valence-corrected chi connectivity index (χ3v) is 7.60. The molecule has 1 aromatic rings. The maximum absolute atomic E-state index is 12.8. The number of carbonyl (C=O) groups is 2. The minimum atomic E-state index is -4.55. The van der Waals surface area contributed by atoms with Crippen molar-refractivity contribution in [2.24, 2.45) is 23.2 Å². The SMILES string of the molecule is O=C(OC1C2CC3CC1CC(C(=O)O)(C3)C2)N1CCC(Nc2nccc(C(F)(F)F)n2)C1. The molecule has 0 spiro atoms. The Hall–Kier alpha value is -2.59. The molecule has 8 nitrogen and oxygen atoms in total. The summed E-state index contributed by atoms with van der Waals surface area (Å²) in [7, 11) is 0. The van der Waals surface area contributed by atoms with Gasteiger partial charge in [-0.05, 0) is 62.3 Å². The van der Waals surface area contributed by atoms with Crippen molar-refractivity contribution in [3.8, 4) is 0 Å². The molecule has 5 fully saturated rings. The van der Waals surface area contributed by atoms with Crippen LogP contribution in [0, 0.1) is 23.2 Å². The van der Waals surface area contributed by atoms with E-state index >= 15 is 0 Å². The highest BCUT2D eigenvalue weighted by Gasteiger charge is 2.60. The van der Waals surface area contributed by atoms with Crippen molar-refractivity contribution >= 4 is 18.0 Å². The Morgan fingerprint density at radius 2 is 1.94 bits per heavy atom. The lowest BCUT2D eigenvalue weighted by Crippen LogP contribution is -2.57. The second-order valence-electron chi connectivity index (χ2n) is 9.74. The van der Waals surface area contributed by atoms with E-state index in [1.165, 1.54) is 0 Å². The molecular formula is C21H25F3N4O4. The molecule has 1 amide bonds. The third kappa shape index (κ3) is 3.75. The topological polar surface area (TPSA) is 105 Å². The van der Waals surface area contributed by atoms with Crippen molar-refractivity contribution in [2.45, 2.75) is 56.8 Å². The Labute approximate surface area is 182 Å². The summed E-state index contributed by atoms with van der Waals surface area (Å²) in [6.07, 6.45) is -0.0104. The second kappa shape index (κ2) is 7.48. The number of alkyl halides is 3. The average Bonchev–Trinajstić information content (AvgIpc) is 3.18. The largest absolute Gasteiger partial charge is 0.481 e. The van der Waals surface area contributed by atoms with Gasteiger partial charge in [0.25, 0.3) is 0 Å². The van der Waals surface area contributed by atoms with Gasteiger partial charge in [0, 0.05) is 25.3 Å². The molecule has 0 radical (unpaired) electrons. The minimum Gasteiger partial charge on any atom is -0.481 e. The molecule has 1 saturated heterocycles. The number of hydrogen-bond acceptors (Lipinski definition) is 6. The van der Waals surface area contributed by atoms with Crippen LogP contribution in [0.3, 0.4) is 0 Å². The number of aliphatic carboxylic acids is 1. The van der Waals surface area contributed by atoms with E-state index in [-0.39, 0.29) is 36.5 Å². The van der Waals surface area contributed by atoms with E-state index in [9.17, 15) is 27.9 Å². The molecule has 3 atom stereocenters. The normalized spacial score (nSPS) is 35.7. The standard InChI is InChI=1S/C21H25F3N4O4/c22-21(23,24)15-1-3-25-18(27-15)26-14-2-4-28(10-14)19(31)32-16-12-5-11-6-13(16)9-20(7-11,8-12)17(29)30/h1,3,11-14,16H,2,4-10H2,(H,29,30)(H,25,26,27). The maximum Gasteiger partial charge on any atom is 0.433 e. The van der Waals surface area contributed by atoms with Crippen LogP contribution in [0.5, 0.6) is 0 Å². The summed E-state index contributed by atoms with van der Waals surface area (Å²) >= 11 is 0. The van der Waals surface area contributed by atoms with Gasteiger partial charge in [-0.1, -0.05) is 0 Å². The summed E-state index contributed by atoms with van der Waals surface area (Å²) in [5.41, 5.74) is -1.68. The van der Waals surface area contributed by atoms with Gasteiger partial charge in [-0.2, -0.15) is 13.2 Å². The highest BCUT2D eigenvalue weighted by atomic mass is 19.4. The lowest BCUT2D eigenvalue weighted by molar-refractivity contribution is -0.179. The molecule has 3 unspecified atom stereocenters. The van der Waals surface area contributed by atoms with Gasteiger partial charge in [-0.15, -0.1) is 0 Å². The van der Waals surface area contributed by atoms with Gasteiger partial charge >= 0.3 is 18.2 Å².